The number of nitrogens with one attached hydrogen (secondary N) is 1. The molecule has 0 aliphatic heterocycles. The van der Waals surface area contributed by atoms with E-state index in [0.717, 1.165) is 11.3 Å². The van der Waals surface area contributed by atoms with Crippen molar-refractivity contribution in [1.29, 1.82) is 0 Å². The fraction of sp³-hybridized carbons (Fsp3) is 0.100. The highest BCUT2D eigenvalue weighted by molar-refractivity contribution is 5.74. The minimum Gasteiger partial charge on any atom is -0.347 e. The highest BCUT2D eigenvalue weighted by Gasteiger charge is 1.92. The Morgan fingerprint density at radius 2 is 2.00 bits per heavy atom. The molecule has 1 aromatic carbocycles. The second-order valence-corrected chi connectivity index (χ2v) is 2.38. The van der Waals surface area contributed by atoms with Crippen LogP contribution in [0.15, 0.2) is 41.9 Å². The first-order valence-corrected chi connectivity index (χ1v) is 3.76. The van der Waals surface area contributed by atoms with Crippen LogP contribution < -0.4 is 11.5 Å². The third kappa shape index (κ3) is 3.53. The molecule has 0 unspecified atom stereocenters. The van der Waals surface area contributed by atoms with E-state index < -0.39 is 0 Å². The number of nitrogens with zero attached hydrogens (tertiary/aromatic N) is 1. The maximum Gasteiger partial charge on any atom is 0.0864 e. The molecule has 4 N–H and O–H groups in total. The van der Waals surface area contributed by atoms with Gasteiger partial charge in [-0.15, -0.1) is 0 Å². The summed E-state index contributed by atoms with van der Waals surface area (Å²) >= 11 is 0. The minimum atomic E-state index is 0. The second-order valence-electron chi connectivity index (χ2n) is 2.38. The molecule has 3 nitrogen and oxygen atoms in total. The molecule has 0 amide bonds. The Hall–Kier alpha value is -1.61. The van der Waals surface area contributed by atoms with Crippen molar-refractivity contribution in [3.8, 4) is 0 Å². The molecule has 0 spiro atoms. The van der Waals surface area contributed by atoms with Crippen molar-refractivity contribution in [2.75, 3.05) is 7.05 Å². The summed E-state index contributed by atoms with van der Waals surface area (Å²) in [5.41, 5.74) is 1.94. The number of rotatable bonds is 3. The van der Waals surface area contributed by atoms with E-state index >= 15 is 0 Å². The van der Waals surface area contributed by atoms with Crippen LogP contribution >= 0.6 is 0 Å². The monoisotopic (exact) mass is 177 g/mol. The summed E-state index contributed by atoms with van der Waals surface area (Å²) < 4.78 is 0. The summed E-state index contributed by atoms with van der Waals surface area (Å²) in [4.78, 5) is 3.80. The molecule has 0 saturated carbocycles. The predicted octanol–water partition coefficient (Wildman–Crippen LogP) is 2.07. The molecule has 0 radical (unpaired) electrons. The van der Waals surface area contributed by atoms with E-state index in [1.54, 1.807) is 13.4 Å². The van der Waals surface area contributed by atoms with Crippen LogP contribution in [0.1, 0.15) is 5.56 Å². The topological polar surface area (TPSA) is 59.4 Å². The molecule has 0 heterocycles. The largest absolute Gasteiger partial charge is 0.347 e. The SMILES string of the molecule is C=C(NC=NC)c1ccccc1.N. The Morgan fingerprint density at radius 1 is 1.38 bits per heavy atom. The number of benzene rings is 1. The molecule has 0 aliphatic rings. The highest BCUT2D eigenvalue weighted by atomic mass is 14.9. The van der Waals surface area contributed by atoms with E-state index in [0.29, 0.717) is 0 Å². The number of hydrogen-bond acceptors (Lipinski definition) is 2. The molecular formula is C10H15N3. The van der Waals surface area contributed by atoms with Gasteiger partial charge in [0.25, 0.3) is 0 Å². The Bertz CT molecular complexity index is 277. The van der Waals surface area contributed by atoms with E-state index in [9.17, 15) is 0 Å². The van der Waals surface area contributed by atoms with Crippen molar-refractivity contribution in [3.63, 3.8) is 0 Å². The Labute approximate surface area is 78.8 Å². The summed E-state index contributed by atoms with van der Waals surface area (Å²) in [5.74, 6) is 0. The van der Waals surface area contributed by atoms with E-state index in [1.165, 1.54) is 0 Å². The summed E-state index contributed by atoms with van der Waals surface area (Å²) in [7, 11) is 1.71. The van der Waals surface area contributed by atoms with Gasteiger partial charge in [0.1, 0.15) is 0 Å². The summed E-state index contributed by atoms with van der Waals surface area (Å²) in [5, 5.41) is 2.96. The van der Waals surface area contributed by atoms with E-state index in [-0.39, 0.29) is 6.15 Å². The molecule has 3 heteroatoms. The van der Waals surface area contributed by atoms with Gasteiger partial charge >= 0.3 is 0 Å². The zero-order valence-corrected chi connectivity index (χ0v) is 7.83. The highest BCUT2D eigenvalue weighted by Crippen LogP contribution is 2.06. The maximum atomic E-state index is 3.86. The van der Waals surface area contributed by atoms with Gasteiger partial charge < -0.3 is 11.5 Å². The molecule has 0 aromatic heterocycles. The summed E-state index contributed by atoms with van der Waals surface area (Å²) in [6.45, 7) is 3.86. The quantitative estimate of drug-likeness (QED) is 0.548. The number of hydrogen-bond donors (Lipinski definition) is 2. The molecular weight excluding hydrogens is 162 g/mol. The average molecular weight is 177 g/mol. The molecule has 70 valence electrons. The van der Waals surface area contributed by atoms with Crippen molar-refractivity contribution in [3.05, 3.63) is 42.5 Å². The second kappa shape index (κ2) is 5.97. The van der Waals surface area contributed by atoms with Gasteiger partial charge in [-0.1, -0.05) is 36.9 Å². The smallest absolute Gasteiger partial charge is 0.0864 e. The maximum absolute atomic E-state index is 3.86. The van der Waals surface area contributed by atoms with Crippen LogP contribution in [0, 0.1) is 0 Å². The van der Waals surface area contributed by atoms with Gasteiger partial charge in [0.15, 0.2) is 0 Å². The van der Waals surface area contributed by atoms with Gasteiger partial charge in [0, 0.05) is 12.7 Å². The third-order valence-corrected chi connectivity index (χ3v) is 1.49. The Kier molecular flexibility index (Phi) is 5.23. The first-order valence-electron chi connectivity index (χ1n) is 3.76. The lowest BCUT2D eigenvalue weighted by molar-refractivity contribution is 1.30. The lowest BCUT2D eigenvalue weighted by Crippen LogP contribution is -2.07. The van der Waals surface area contributed by atoms with Crippen molar-refractivity contribution in [1.82, 2.24) is 11.5 Å². The van der Waals surface area contributed by atoms with Crippen LogP contribution in [0.3, 0.4) is 0 Å². The first-order chi connectivity index (χ1) is 5.84. The van der Waals surface area contributed by atoms with Crippen molar-refractivity contribution in [2.45, 2.75) is 0 Å². The van der Waals surface area contributed by atoms with Crippen molar-refractivity contribution in [2.24, 2.45) is 4.99 Å². The zero-order valence-electron chi connectivity index (χ0n) is 7.83. The molecule has 0 bridgehead atoms. The van der Waals surface area contributed by atoms with Gasteiger partial charge in [-0.05, 0) is 5.56 Å². The molecule has 1 aromatic rings. The zero-order chi connectivity index (χ0) is 8.81. The summed E-state index contributed by atoms with van der Waals surface area (Å²) in [6.07, 6.45) is 1.62. The molecule has 0 saturated heterocycles. The lowest BCUT2D eigenvalue weighted by atomic mass is 10.2. The van der Waals surface area contributed by atoms with Gasteiger partial charge in [-0.2, -0.15) is 0 Å². The lowest BCUT2D eigenvalue weighted by Gasteiger charge is -2.03. The van der Waals surface area contributed by atoms with Crippen LogP contribution in [0.4, 0.5) is 0 Å². The minimum absolute atomic E-state index is 0. The Balaban J connectivity index is 0.00000144. The molecule has 13 heavy (non-hydrogen) atoms. The van der Waals surface area contributed by atoms with Gasteiger partial charge in [-0.3, -0.25) is 4.99 Å². The normalized spacial score (nSPS) is 9.31. The van der Waals surface area contributed by atoms with Gasteiger partial charge in [-0.25, -0.2) is 0 Å². The van der Waals surface area contributed by atoms with Crippen LogP contribution in [-0.2, 0) is 0 Å². The van der Waals surface area contributed by atoms with Crippen LogP contribution in [-0.4, -0.2) is 13.4 Å². The van der Waals surface area contributed by atoms with Gasteiger partial charge in [0.2, 0.25) is 0 Å². The summed E-state index contributed by atoms with van der Waals surface area (Å²) in [6, 6.07) is 9.93. The predicted molar refractivity (Wildman–Crippen MR) is 58.0 cm³/mol. The van der Waals surface area contributed by atoms with Crippen LogP contribution in [0.5, 0.6) is 0 Å². The van der Waals surface area contributed by atoms with E-state index in [1.807, 2.05) is 30.3 Å². The average Bonchev–Trinajstić information content (AvgIpc) is 2.15. The molecule has 1 rings (SSSR count). The Morgan fingerprint density at radius 3 is 2.54 bits per heavy atom. The van der Waals surface area contributed by atoms with Crippen LogP contribution in [0.2, 0.25) is 0 Å². The van der Waals surface area contributed by atoms with E-state index in [4.69, 9.17) is 0 Å². The van der Waals surface area contributed by atoms with Crippen molar-refractivity contribution < 1.29 is 0 Å². The fourth-order valence-electron chi connectivity index (χ4n) is 0.865. The fourth-order valence-corrected chi connectivity index (χ4v) is 0.865. The number of aliphatic imine (C=N–C) groups is 1. The first kappa shape index (κ1) is 11.4. The molecule has 0 fully saturated rings. The third-order valence-electron chi connectivity index (χ3n) is 1.49. The van der Waals surface area contributed by atoms with E-state index in [2.05, 4.69) is 16.9 Å². The van der Waals surface area contributed by atoms with Gasteiger partial charge in [0.05, 0.1) is 6.34 Å². The molecule has 0 atom stereocenters. The van der Waals surface area contributed by atoms with Crippen molar-refractivity contribution >= 4 is 12.0 Å². The van der Waals surface area contributed by atoms with Crippen LogP contribution in [0.25, 0.3) is 5.70 Å². The standard InChI is InChI=1S/C10H12N2.H3N/c1-9(12-8-11-2)10-6-4-3-5-7-10;/h3-8H,1H2,2H3,(H,11,12);1H3. The molecule has 0 aliphatic carbocycles.